The molecule has 1 aliphatic rings. The molecule has 0 aliphatic carbocycles. The number of likely N-dealkylation sites (tertiary alicyclic amines) is 1. The number of hydrogen-bond acceptors (Lipinski definition) is 6. The van der Waals surface area contributed by atoms with Gasteiger partial charge >= 0.3 is 0 Å². The third kappa shape index (κ3) is 3.88. The van der Waals surface area contributed by atoms with E-state index in [1.165, 1.54) is 6.42 Å². The summed E-state index contributed by atoms with van der Waals surface area (Å²) in [5.41, 5.74) is 3.99. The van der Waals surface area contributed by atoms with Gasteiger partial charge in [-0.3, -0.25) is 14.9 Å². The van der Waals surface area contributed by atoms with Crippen LogP contribution in [0.1, 0.15) is 23.5 Å². The van der Waals surface area contributed by atoms with Crippen LogP contribution in [0.4, 0.5) is 0 Å². The molecule has 7 nitrogen and oxygen atoms in total. The van der Waals surface area contributed by atoms with E-state index in [1.807, 2.05) is 25.4 Å². The summed E-state index contributed by atoms with van der Waals surface area (Å²) in [6, 6.07) is 2.05. The highest BCUT2D eigenvalue weighted by Gasteiger charge is 2.23. The fourth-order valence-electron chi connectivity index (χ4n) is 3.34. The molecule has 128 valence electrons. The summed E-state index contributed by atoms with van der Waals surface area (Å²) in [6.45, 7) is 5.01. The lowest BCUT2D eigenvalue weighted by atomic mass is 10.0. The molecule has 0 saturated carbocycles. The highest BCUT2D eigenvalue weighted by atomic mass is 15.2. The van der Waals surface area contributed by atoms with Gasteiger partial charge < -0.3 is 4.98 Å². The summed E-state index contributed by atoms with van der Waals surface area (Å²) >= 11 is 0. The summed E-state index contributed by atoms with van der Waals surface area (Å²) in [6.07, 6.45) is 10.9. The Bertz CT molecular complexity index is 830. The Hall–Kier alpha value is -2.67. The van der Waals surface area contributed by atoms with Crippen LogP contribution < -0.4 is 0 Å². The smallest absolute Gasteiger partial charge is 0.156 e. The number of hydrogen-bond donors (Lipinski definition) is 1. The van der Waals surface area contributed by atoms with Crippen LogP contribution in [0.2, 0.25) is 0 Å². The van der Waals surface area contributed by atoms with E-state index in [0.717, 1.165) is 54.7 Å². The SMILES string of the molecule is Cc1cnc(-c2cc(C[C@@H]3CCN(Cc4cnccn4)C3)ncn2)[nH]1. The Kier molecular flexibility index (Phi) is 4.47. The highest BCUT2D eigenvalue weighted by Crippen LogP contribution is 2.22. The van der Waals surface area contributed by atoms with Crippen LogP contribution in [0, 0.1) is 12.8 Å². The van der Waals surface area contributed by atoms with Crippen molar-refractivity contribution in [1.29, 1.82) is 0 Å². The lowest BCUT2D eigenvalue weighted by Crippen LogP contribution is -2.21. The maximum Gasteiger partial charge on any atom is 0.156 e. The van der Waals surface area contributed by atoms with Crippen molar-refractivity contribution in [3.05, 3.63) is 54.3 Å². The van der Waals surface area contributed by atoms with Gasteiger partial charge in [0.1, 0.15) is 12.0 Å². The second-order valence-corrected chi connectivity index (χ2v) is 6.60. The molecule has 0 amide bonds. The second-order valence-electron chi connectivity index (χ2n) is 6.60. The number of nitrogens with one attached hydrogen (secondary N) is 1. The van der Waals surface area contributed by atoms with E-state index in [4.69, 9.17) is 0 Å². The third-order valence-electron chi connectivity index (χ3n) is 4.54. The Balaban J connectivity index is 1.38. The zero-order valence-electron chi connectivity index (χ0n) is 14.3. The minimum atomic E-state index is 0.609. The number of aryl methyl sites for hydroxylation is 1. The van der Waals surface area contributed by atoms with Crippen molar-refractivity contribution in [1.82, 2.24) is 34.8 Å². The van der Waals surface area contributed by atoms with Gasteiger partial charge in [-0.2, -0.15) is 0 Å². The van der Waals surface area contributed by atoms with E-state index in [-0.39, 0.29) is 0 Å². The zero-order valence-corrected chi connectivity index (χ0v) is 14.3. The van der Waals surface area contributed by atoms with Gasteiger partial charge in [-0.15, -0.1) is 0 Å². The molecule has 1 fully saturated rings. The summed E-state index contributed by atoms with van der Waals surface area (Å²) in [4.78, 5) is 27.3. The van der Waals surface area contributed by atoms with E-state index >= 15 is 0 Å². The van der Waals surface area contributed by atoms with Gasteiger partial charge in [0, 0.05) is 49.3 Å². The van der Waals surface area contributed by atoms with Crippen molar-refractivity contribution in [3.8, 4) is 11.5 Å². The van der Waals surface area contributed by atoms with Crippen LogP contribution in [0.15, 0.2) is 37.2 Å². The van der Waals surface area contributed by atoms with Crippen LogP contribution in [0.3, 0.4) is 0 Å². The predicted molar refractivity (Wildman–Crippen MR) is 93.5 cm³/mol. The average Bonchev–Trinajstić information content (AvgIpc) is 3.25. The predicted octanol–water partition coefficient (Wildman–Crippen LogP) is 2.03. The van der Waals surface area contributed by atoms with Crippen LogP contribution in [-0.2, 0) is 13.0 Å². The summed E-state index contributed by atoms with van der Waals surface area (Å²) in [5.74, 6) is 1.41. The molecule has 3 aromatic rings. The molecule has 0 spiro atoms. The van der Waals surface area contributed by atoms with Gasteiger partial charge in [0.15, 0.2) is 5.82 Å². The Labute approximate surface area is 146 Å². The maximum atomic E-state index is 4.45. The quantitative estimate of drug-likeness (QED) is 0.768. The first-order valence-corrected chi connectivity index (χ1v) is 8.56. The van der Waals surface area contributed by atoms with Gasteiger partial charge in [0.2, 0.25) is 0 Å². The number of H-pyrrole nitrogens is 1. The molecule has 25 heavy (non-hydrogen) atoms. The number of aromatic amines is 1. The fourth-order valence-corrected chi connectivity index (χ4v) is 3.34. The van der Waals surface area contributed by atoms with E-state index in [9.17, 15) is 0 Å². The van der Waals surface area contributed by atoms with Gasteiger partial charge in [-0.1, -0.05) is 0 Å². The first-order valence-electron chi connectivity index (χ1n) is 8.56. The molecule has 3 aromatic heterocycles. The van der Waals surface area contributed by atoms with Crippen molar-refractivity contribution in [3.63, 3.8) is 0 Å². The van der Waals surface area contributed by atoms with Crippen molar-refractivity contribution in [2.45, 2.75) is 26.3 Å². The van der Waals surface area contributed by atoms with E-state index < -0.39 is 0 Å². The lowest BCUT2D eigenvalue weighted by molar-refractivity contribution is 0.312. The molecule has 0 bridgehead atoms. The van der Waals surface area contributed by atoms with E-state index in [1.54, 1.807) is 18.7 Å². The van der Waals surface area contributed by atoms with Crippen LogP contribution in [-0.4, -0.2) is 47.9 Å². The molecule has 1 saturated heterocycles. The minimum absolute atomic E-state index is 0.609. The van der Waals surface area contributed by atoms with Crippen molar-refractivity contribution < 1.29 is 0 Å². The normalized spacial score (nSPS) is 17.9. The van der Waals surface area contributed by atoms with Crippen molar-refractivity contribution in [2.75, 3.05) is 13.1 Å². The lowest BCUT2D eigenvalue weighted by Gasteiger charge is -2.15. The molecule has 7 heteroatoms. The van der Waals surface area contributed by atoms with Gasteiger partial charge in [-0.25, -0.2) is 15.0 Å². The fraction of sp³-hybridized carbons (Fsp3) is 0.389. The zero-order chi connectivity index (χ0) is 17.1. The first kappa shape index (κ1) is 15.8. The van der Waals surface area contributed by atoms with Gasteiger partial charge in [0.25, 0.3) is 0 Å². The number of imidazole rings is 1. The standard InChI is InChI=1S/C18H21N7/c1-13-8-21-18(24-13)17-7-15(22-12-23-17)6-14-2-5-25(10-14)11-16-9-19-3-4-20-16/h3-4,7-9,12,14H,2,5-6,10-11H2,1H3,(H,21,24)/t14-/m0/s1. The van der Waals surface area contributed by atoms with Gasteiger partial charge in [-0.05, 0) is 38.3 Å². The number of rotatable bonds is 5. The van der Waals surface area contributed by atoms with Crippen molar-refractivity contribution in [2.24, 2.45) is 5.92 Å². The molecule has 1 aliphatic heterocycles. The molecule has 0 unspecified atom stereocenters. The Morgan fingerprint density at radius 3 is 2.88 bits per heavy atom. The minimum Gasteiger partial charge on any atom is -0.341 e. The average molecular weight is 335 g/mol. The Morgan fingerprint density at radius 2 is 2.08 bits per heavy atom. The van der Waals surface area contributed by atoms with Crippen molar-refractivity contribution >= 4 is 0 Å². The third-order valence-corrected chi connectivity index (χ3v) is 4.54. The summed E-state index contributed by atoms with van der Waals surface area (Å²) in [7, 11) is 0. The monoisotopic (exact) mass is 335 g/mol. The summed E-state index contributed by atoms with van der Waals surface area (Å²) < 4.78 is 0. The number of nitrogens with zero attached hydrogens (tertiary/aromatic N) is 6. The molecule has 1 atom stereocenters. The highest BCUT2D eigenvalue weighted by molar-refractivity contribution is 5.49. The molecule has 1 N–H and O–H groups in total. The van der Waals surface area contributed by atoms with Gasteiger partial charge in [0.05, 0.1) is 5.69 Å². The van der Waals surface area contributed by atoms with Crippen LogP contribution in [0.25, 0.3) is 11.5 Å². The van der Waals surface area contributed by atoms with Crippen LogP contribution >= 0.6 is 0 Å². The molecular weight excluding hydrogens is 314 g/mol. The Morgan fingerprint density at radius 1 is 1.12 bits per heavy atom. The molecule has 0 aromatic carbocycles. The topological polar surface area (TPSA) is 83.5 Å². The molecule has 4 heterocycles. The maximum absolute atomic E-state index is 4.45. The first-order chi connectivity index (χ1) is 12.3. The second kappa shape index (κ2) is 7.06. The number of aromatic nitrogens is 6. The molecule has 4 rings (SSSR count). The summed E-state index contributed by atoms with van der Waals surface area (Å²) in [5, 5.41) is 0. The molecular formula is C18H21N7. The van der Waals surface area contributed by atoms with E-state index in [0.29, 0.717) is 5.92 Å². The van der Waals surface area contributed by atoms with E-state index in [2.05, 4.69) is 34.8 Å². The van der Waals surface area contributed by atoms with Crippen LogP contribution in [0.5, 0.6) is 0 Å². The molecule has 0 radical (unpaired) electrons. The largest absolute Gasteiger partial charge is 0.341 e.